The van der Waals surface area contributed by atoms with E-state index in [2.05, 4.69) is 10.3 Å². The van der Waals surface area contributed by atoms with Gasteiger partial charge in [-0.15, -0.1) is 11.8 Å². The third-order valence-corrected chi connectivity index (χ3v) is 3.41. The Hall–Kier alpha value is -1.62. The standard InChI is InChI=1S/C13H12F2N2S/c1-16-13-4-2-3-10(17-13)8-18-12-6-5-9(14)7-11(12)15/h2-7H,8H2,1H3,(H,16,17). The van der Waals surface area contributed by atoms with Crippen molar-refractivity contribution < 1.29 is 8.78 Å². The van der Waals surface area contributed by atoms with Crippen molar-refractivity contribution in [1.29, 1.82) is 0 Å². The van der Waals surface area contributed by atoms with E-state index >= 15 is 0 Å². The lowest BCUT2D eigenvalue weighted by Gasteiger charge is -2.05. The van der Waals surface area contributed by atoms with Crippen molar-refractivity contribution in [3.05, 3.63) is 53.7 Å². The molecule has 1 aromatic carbocycles. The SMILES string of the molecule is CNc1cccc(CSc2ccc(F)cc2F)n1. The number of aromatic nitrogens is 1. The minimum absolute atomic E-state index is 0.424. The van der Waals surface area contributed by atoms with Crippen LogP contribution in [0.25, 0.3) is 0 Å². The van der Waals surface area contributed by atoms with Crippen LogP contribution in [0.3, 0.4) is 0 Å². The molecule has 18 heavy (non-hydrogen) atoms. The lowest BCUT2D eigenvalue weighted by molar-refractivity contribution is 0.565. The van der Waals surface area contributed by atoms with Crippen molar-refractivity contribution in [2.75, 3.05) is 12.4 Å². The van der Waals surface area contributed by atoms with Crippen LogP contribution in [-0.2, 0) is 5.75 Å². The molecule has 0 saturated heterocycles. The van der Waals surface area contributed by atoms with Gasteiger partial charge in [0.25, 0.3) is 0 Å². The quantitative estimate of drug-likeness (QED) is 0.854. The van der Waals surface area contributed by atoms with Gasteiger partial charge in [0.05, 0.1) is 5.69 Å². The predicted molar refractivity (Wildman–Crippen MR) is 69.7 cm³/mol. The van der Waals surface area contributed by atoms with Crippen molar-refractivity contribution in [2.24, 2.45) is 0 Å². The second-order valence-corrected chi connectivity index (χ2v) is 4.64. The van der Waals surface area contributed by atoms with E-state index in [-0.39, 0.29) is 0 Å². The summed E-state index contributed by atoms with van der Waals surface area (Å²) in [5.41, 5.74) is 0.843. The summed E-state index contributed by atoms with van der Waals surface area (Å²) in [5.74, 6) is 0.211. The van der Waals surface area contributed by atoms with Gasteiger partial charge in [-0.05, 0) is 24.3 Å². The summed E-state index contributed by atoms with van der Waals surface area (Å²) in [4.78, 5) is 4.75. The number of benzene rings is 1. The first-order valence-corrected chi connectivity index (χ1v) is 6.39. The number of hydrogen-bond donors (Lipinski definition) is 1. The molecule has 2 aromatic rings. The van der Waals surface area contributed by atoms with Gasteiger partial charge in [0.1, 0.15) is 17.5 Å². The molecule has 0 atom stereocenters. The van der Waals surface area contributed by atoms with Crippen molar-refractivity contribution >= 4 is 17.6 Å². The van der Waals surface area contributed by atoms with E-state index in [0.717, 1.165) is 17.6 Å². The normalized spacial score (nSPS) is 10.4. The number of pyridine rings is 1. The topological polar surface area (TPSA) is 24.9 Å². The van der Waals surface area contributed by atoms with Crippen LogP contribution in [0.4, 0.5) is 14.6 Å². The van der Waals surface area contributed by atoms with Crippen LogP contribution in [0, 0.1) is 11.6 Å². The lowest BCUT2D eigenvalue weighted by atomic mass is 10.3. The fraction of sp³-hybridized carbons (Fsp3) is 0.154. The monoisotopic (exact) mass is 266 g/mol. The van der Waals surface area contributed by atoms with Crippen LogP contribution < -0.4 is 5.32 Å². The molecule has 0 aliphatic heterocycles. The fourth-order valence-electron chi connectivity index (χ4n) is 1.44. The third-order valence-electron chi connectivity index (χ3n) is 2.33. The molecule has 0 aliphatic carbocycles. The van der Waals surface area contributed by atoms with Crippen molar-refractivity contribution in [2.45, 2.75) is 10.6 Å². The Bertz CT molecular complexity index is 546. The summed E-state index contributed by atoms with van der Waals surface area (Å²) >= 11 is 1.30. The number of hydrogen-bond acceptors (Lipinski definition) is 3. The minimum Gasteiger partial charge on any atom is -0.373 e. The maximum Gasteiger partial charge on any atom is 0.139 e. The summed E-state index contributed by atoms with van der Waals surface area (Å²) in [7, 11) is 1.79. The van der Waals surface area contributed by atoms with E-state index in [1.165, 1.54) is 23.9 Å². The molecule has 2 rings (SSSR count). The van der Waals surface area contributed by atoms with Gasteiger partial charge >= 0.3 is 0 Å². The molecule has 0 amide bonds. The molecule has 1 aromatic heterocycles. The number of anilines is 1. The van der Waals surface area contributed by atoms with E-state index in [1.807, 2.05) is 18.2 Å². The Morgan fingerprint density at radius 3 is 2.78 bits per heavy atom. The molecule has 94 valence electrons. The number of halogens is 2. The second kappa shape index (κ2) is 5.82. The molecule has 0 unspecified atom stereocenters. The largest absolute Gasteiger partial charge is 0.373 e. The Kier molecular flexibility index (Phi) is 4.15. The maximum atomic E-state index is 13.4. The minimum atomic E-state index is -0.563. The molecule has 0 spiro atoms. The fourth-order valence-corrected chi connectivity index (χ4v) is 2.27. The zero-order chi connectivity index (χ0) is 13.0. The van der Waals surface area contributed by atoms with Gasteiger partial charge in [0.15, 0.2) is 0 Å². The molecule has 0 bridgehead atoms. The van der Waals surface area contributed by atoms with E-state index in [1.54, 1.807) is 7.05 Å². The van der Waals surface area contributed by atoms with Gasteiger partial charge in [-0.2, -0.15) is 0 Å². The highest BCUT2D eigenvalue weighted by Crippen LogP contribution is 2.25. The van der Waals surface area contributed by atoms with Crippen LogP contribution in [-0.4, -0.2) is 12.0 Å². The number of nitrogens with one attached hydrogen (secondary N) is 1. The molecule has 0 saturated carbocycles. The Labute approximate surface area is 108 Å². The summed E-state index contributed by atoms with van der Waals surface area (Å²) in [6, 6.07) is 9.19. The van der Waals surface area contributed by atoms with Crippen molar-refractivity contribution in [3.63, 3.8) is 0 Å². The van der Waals surface area contributed by atoms with Gasteiger partial charge in [-0.3, -0.25) is 0 Å². The van der Waals surface area contributed by atoms with Crippen molar-refractivity contribution in [3.8, 4) is 0 Å². The molecule has 1 heterocycles. The van der Waals surface area contributed by atoms with Crippen LogP contribution in [0.5, 0.6) is 0 Å². The highest BCUT2D eigenvalue weighted by atomic mass is 32.2. The zero-order valence-electron chi connectivity index (χ0n) is 9.78. The van der Waals surface area contributed by atoms with Gasteiger partial charge in [0.2, 0.25) is 0 Å². The van der Waals surface area contributed by atoms with Crippen LogP contribution in [0.2, 0.25) is 0 Å². The van der Waals surface area contributed by atoms with Crippen LogP contribution >= 0.6 is 11.8 Å². The summed E-state index contributed by atoms with van der Waals surface area (Å²) in [6.45, 7) is 0. The van der Waals surface area contributed by atoms with Gasteiger partial charge < -0.3 is 5.32 Å². The first kappa shape index (κ1) is 12.8. The molecular weight excluding hydrogens is 254 g/mol. The summed E-state index contributed by atoms with van der Waals surface area (Å²) < 4.78 is 26.1. The lowest BCUT2D eigenvalue weighted by Crippen LogP contribution is -1.95. The first-order valence-electron chi connectivity index (χ1n) is 5.40. The summed E-state index contributed by atoms with van der Waals surface area (Å²) in [5, 5.41) is 2.94. The van der Waals surface area contributed by atoms with Crippen molar-refractivity contribution in [1.82, 2.24) is 4.98 Å². The van der Waals surface area contributed by atoms with Crippen LogP contribution in [0.1, 0.15) is 5.69 Å². The van der Waals surface area contributed by atoms with E-state index < -0.39 is 11.6 Å². The Morgan fingerprint density at radius 1 is 1.22 bits per heavy atom. The third kappa shape index (κ3) is 3.20. The highest BCUT2D eigenvalue weighted by Gasteiger charge is 2.05. The average molecular weight is 266 g/mol. The summed E-state index contributed by atoms with van der Waals surface area (Å²) in [6.07, 6.45) is 0. The molecule has 5 heteroatoms. The molecule has 0 aliphatic rings. The van der Waals surface area contributed by atoms with Gasteiger partial charge in [-0.25, -0.2) is 13.8 Å². The molecule has 0 fully saturated rings. The molecule has 0 radical (unpaired) electrons. The predicted octanol–water partition coefficient (Wildman–Crippen LogP) is 3.69. The molecule has 2 nitrogen and oxygen atoms in total. The zero-order valence-corrected chi connectivity index (χ0v) is 10.6. The Balaban J connectivity index is 2.06. The number of thioether (sulfide) groups is 1. The first-order chi connectivity index (χ1) is 8.69. The van der Waals surface area contributed by atoms with E-state index in [4.69, 9.17) is 0 Å². The number of nitrogens with zero attached hydrogens (tertiary/aromatic N) is 1. The highest BCUT2D eigenvalue weighted by molar-refractivity contribution is 7.98. The average Bonchev–Trinajstić information content (AvgIpc) is 2.38. The number of rotatable bonds is 4. The van der Waals surface area contributed by atoms with E-state index in [9.17, 15) is 8.78 Å². The van der Waals surface area contributed by atoms with Gasteiger partial charge in [0, 0.05) is 23.8 Å². The second-order valence-electron chi connectivity index (χ2n) is 3.63. The van der Waals surface area contributed by atoms with E-state index in [0.29, 0.717) is 10.6 Å². The Morgan fingerprint density at radius 2 is 2.06 bits per heavy atom. The van der Waals surface area contributed by atoms with Gasteiger partial charge in [-0.1, -0.05) is 6.07 Å². The molecule has 1 N–H and O–H groups in total. The smallest absolute Gasteiger partial charge is 0.139 e. The molecular formula is C13H12F2N2S. The maximum absolute atomic E-state index is 13.4. The van der Waals surface area contributed by atoms with Crippen LogP contribution in [0.15, 0.2) is 41.3 Å².